The van der Waals surface area contributed by atoms with Crippen molar-refractivity contribution in [2.24, 2.45) is 5.92 Å². The lowest BCUT2D eigenvalue weighted by Gasteiger charge is -2.09. The van der Waals surface area contributed by atoms with E-state index >= 15 is 0 Å². The summed E-state index contributed by atoms with van der Waals surface area (Å²) >= 11 is 1.33. The van der Waals surface area contributed by atoms with Crippen LogP contribution in [0.4, 0.5) is 9.93 Å². The molecule has 1 aliphatic rings. The molecule has 3 aromatic rings. The minimum Gasteiger partial charge on any atom is -0.338 e. The zero-order chi connectivity index (χ0) is 18.1. The molecule has 26 heavy (non-hydrogen) atoms. The van der Waals surface area contributed by atoms with Crippen LogP contribution >= 0.6 is 11.3 Å². The summed E-state index contributed by atoms with van der Waals surface area (Å²) in [6, 6.07) is 5.18. The summed E-state index contributed by atoms with van der Waals surface area (Å²) in [4.78, 5) is 34.3. The second kappa shape index (κ2) is 6.87. The molecular weight excluding hydrogens is 350 g/mol. The largest absolute Gasteiger partial charge is 0.338 e. The Morgan fingerprint density at radius 1 is 1.42 bits per heavy atom. The number of nitrogens with one attached hydrogen (secondary N) is 2. The van der Waals surface area contributed by atoms with Crippen molar-refractivity contribution in [1.29, 1.82) is 0 Å². The summed E-state index contributed by atoms with van der Waals surface area (Å²) in [5, 5.41) is 5.90. The van der Waals surface area contributed by atoms with E-state index in [0.717, 1.165) is 23.2 Å². The van der Waals surface area contributed by atoms with Crippen LogP contribution in [0.2, 0.25) is 0 Å². The fourth-order valence-corrected chi connectivity index (χ4v) is 3.80. The highest BCUT2D eigenvalue weighted by Gasteiger charge is 2.25. The van der Waals surface area contributed by atoms with Crippen molar-refractivity contribution in [3.8, 4) is 11.1 Å². The molecule has 0 saturated heterocycles. The van der Waals surface area contributed by atoms with Crippen molar-refractivity contribution in [1.82, 2.24) is 19.9 Å². The summed E-state index contributed by atoms with van der Waals surface area (Å²) in [5.41, 5.74) is 2.03. The van der Waals surface area contributed by atoms with Gasteiger partial charge in [0.2, 0.25) is 0 Å². The van der Waals surface area contributed by atoms with Crippen LogP contribution < -0.4 is 16.2 Å². The van der Waals surface area contributed by atoms with Gasteiger partial charge in [-0.3, -0.25) is 19.7 Å². The van der Waals surface area contributed by atoms with Crippen LogP contribution in [-0.2, 0) is 6.54 Å². The fourth-order valence-electron chi connectivity index (χ4n) is 2.86. The first-order valence-corrected chi connectivity index (χ1v) is 9.47. The molecule has 134 valence electrons. The van der Waals surface area contributed by atoms with Gasteiger partial charge >= 0.3 is 6.03 Å². The molecule has 0 atom stereocenters. The summed E-state index contributed by atoms with van der Waals surface area (Å²) in [6.07, 6.45) is 5.66. The monoisotopic (exact) mass is 369 g/mol. The summed E-state index contributed by atoms with van der Waals surface area (Å²) in [5.74, 6) is 0.543. The first-order chi connectivity index (χ1) is 12.7. The number of carbonyl (C=O) groups is 1. The third-order valence-electron chi connectivity index (χ3n) is 4.30. The van der Waals surface area contributed by atoms with Gasteiger partial charge in [-0.1, -0.05) is 17.4 Å². The molecule has 0 aromatic carbocycles. The van der Waals surface area contributed by atoms with Gasteiger partial charge in [0, 0.05) is 31.0 Å². The van der Waals surface area contributed by atoms with Crippen molar-refractivity contribution in [2.75, 3.05) is 11.9 Å². The number of hydrogen-bond donors (Lipinski definition) is 2. The highest BCUT2D eigenvalue weighted by atomic mass is 32.1. The molecule has 0 spiro atoms. The molecule has 0 unspecified atom stereocenters. The van der Waals surface area contributed by atoms with E-state index in [1.807, 2.05) is 19.1 Å². The Balaban J connectivity index is 1.82. The second-order valence-electron chi connectivity index (χ2n) is 6.35. The van der Waals surface area contributed by atoms with Crippen LogP contribution in [0.25, 0.3) is 21.5 Å². The second-order valence-corrected chi connectivity index (χ2v) is 7.33. The molecule has 2 N–H and O–H groups in total. The molecule has 3 heterocycles. The number of urea groups is 1. The van der Waals surface area contributed by atoms with E-state index in [2.05, 4.69) is 20.6 Å². The van der Waals surface area contributed by atoms with E-state index < -0.39 is 0 Å². The van der Waals surface area contributed by atoms with Crippen molar-refractivity contribution in [3.05, 3.63) is 40.9 Å². The van der Waals surface area contributed by atoms with Gasteiger partial charge in [0.15, 0.2) is 5.13 Å². The lowest BCUT2D eigenvalue weighted by atomic mass is 10.1. The third kappa shape index (κ3) is 3.32. The number of aromatic nitrogens is 3. The van der Waals surface area contributed by atoms with Gasteiger partial charge in [-0.05, 0) is 37.8 Å². The van der Waals surface area contributed by atoms with E-state index in [-0.39, 0.29) is 11.6 Å². The van der Waals surface area contributed by atoms with Gasteiger partial charge in [0.05, 0.1) is 5.56 Å². The topological polar surface area (TPSA) is 88.9 Å². The number of hydrogen-bond acceptors (Lipinski definition) is 5. The number of fused-ring (bicyclic) bond motifs is 1. The van der Waals surface area contributed by atoms with Gasteiger partial charge in [0.1, 0.15) is 10.3 Å². The van der Waals surface area contributed by atoms with Crippen molar-refractivity contribution in [3.63, 3.8) is 0 Å². The third-order valence-corrected chi connectivity index (χ3v) is 5.31. The fraction of sp³-hybridized carbons (Fsp3) is 0.333. The first-order valence-electron chi connectivity index (χ1n) is 8.65. The maximum Gasteiger partial charge on any atom is 0.321 e. The van der Waals surface area contributed by atoms with Crippen molar-refractivity contribution < 1.29 is 4.79 Å². The molecule has 7 nitrogen and oxygen atoms in total. The van der Waals surface area contributed by atoms with Crippen LogP contribution in [0.5, 0.6) is 0 Å². The maximum atomic E-state index is 13.1. The highest BCUT2D eigenvalue weighted by molar-refractivity contribution is 7.22. The molecule has 2 amide bonds. The van der Waals surface area contributed by atoms with Crippen LogP contribution in [0.1, 0.15) is 19.8 Å². The molecule has 1 saturated carbocycles. The molecule has 1 aliphatic carbocycles. The zero-order valence-electron chi connectivity index (χ0n) is 14.4. The molecule has 1 fully saturated rings. The number of rotatable bonds is 5. The number of amides is 2. The molecular formula is C18H19N5O2S. The quantitative estimate of drug-likeness (QED) is 0.723. The molecule has 0 bridgehead atoms. The lowest BCUT2D eigenvalue weighted by Crippen LogP contribution is -2.28. The van der Waals surface area contributed by atoms with E-state index in [1.54, 1.807) is 23.0 Å². The first kappa shape index (κ1) is 16.7. The number of thiazole rings is 1. The Morgan fingerprint density at radius 3 is 2.96 bits per heavy atom. The highest BCUT2D eigenvalue weighted by Crippen LogP contribution is 2.34. The molecule has 4 rings (SSSR count). The van der Waals surface area contributed by atoms with Gasteiger partial charge in [-0.2, -0.15) is 0 Å². The van der Waals surface area contributed by atoms with Crippen molar-refractivity contribution in [2.45, 2.75) is 26.3 Å². The Hall–Kier alpha value is -2.74. The number of pyridine rings is 2. The standard InChI is InChI=1S/C18H19N5O2S/c1-2-20-17(25)22-18-21-14-8-13(12-4-3-7-19-9-12)15(24)23(16(14)26-18)10-11-5-6-11/h3-4,7-9,11H,2,5-6,10H2,1H3,(H2,20,21,22,25). The number of nitrogens with zero attached hydrogens (tertiary/aromatic N) is 3. The normalized spacial score (nSPS) is 13.7. The van der Waals surface area contributed by atoms with Crippen LogP contribution in [0.3, 0.4) is 0 Å². The average Bonchev–Trinajstić information content (AvgIpc) is 3.37. The van der Waals surface area contributed by atoms with Crippen LogP contribution in [0, 0.1) is 5.92 Å². The number of carbonyl (C=O) groups excluding carboxylic acids is 1. The van der Waals surface area contributed by atoms with Crippen LogP contribution in [-0.4, -0.2) is 27.1 Å². The minimum atomic E-state index is -0.296. The summed E-state index contributed by atoms with van der Waals surface area (Å²) in [7, 11) is 0. The molecule has 0 aliphatic heterocycles. The lowest BCUT2D eigenvalue weighted by molar-refractivity contribution is 0.252. The Morgan fingerprint density at radius 2 is 2.27 bits per heavy atom. The predicted molar refractivity (Wildman–Crippen MR) is 103 cm³/mol. The SMILES string of the molecule is CCNC(=O)Nc1nc2cc(-c3cccnc3)c(=O)n(CC3CC3)c2s1. The van der Waals surface area contributed by atoms with E-state index in [4.69, 9.17) is 0 Å². The molecule has 3 aromatic heterocycles. The molecule has 0 radical (unpaired) electrons. The maximum absolute atomic E-state index is 13.1. The van der Waals surface area contributed by atoms with E-state index in [9.17, 15) is 9.59 Å². The zero-order valence-corrected chi connectivity index (χ0v) is 15.2. The van der Waals surface area contributed by atoms with Gasteiger partial charge in [0.25, 0.3) is 5.56 Å². The smallest absolute Gasteiger partial charge is 0.321 e. The molecule has 8 heteroatoms. The minimum absolute atomic E-state index is 0.0365. The summed E-state index contributed by atoms with van der Waals surface area (Å²) < 4.78 is 1.80. The van der Waals surface area contributed by atoms with Crippen molar-refractivity contribution >= 4 is 32.8 Å². The predicted octanol–water partition coefficient (Wildman–Crippen LogP) is 3.07. The van der Waals surface area contributed by atoms with E-state index in [0.29, 0.717) is 35.2 Å². The van der Waals surface area contributed by atoms with Gasteiger partial charge in [-0.15, -0.1) is 0 Å². The van der Waals surface area contributed by atoms with Gasteiger partial charge in [-0.25, -0.2) is 9.78 Å². The average molecular weight is 369 g/mol. The summed E-state index contributed by atoms with van der Waals surface area (Å²) in [6.45, 7) is 3.08. The number of anilines is 1. The van der Waals surface area contributed by atoms with Crippen LogP contribution in [0.15, 0.2) is 35.4 Å². The van der Waals surface area contributed by atoms with E-state index in [1.165, 1.54) is 11.3 Å². The Labute approximate surface area is 154 Å². The Kier molecular flexibility index (Phi) is 4.42. The van der Waals surface area contributed by atoms with Gasteiger partial charge < -0.3 is 5.32 Å². The Bertz CT molecular complexity index is 1010.